The molecule has 2 aromatic heterocycles. The summed E-state index contributed by atoms with van der Waals surface area (Å²) < 4.78 is 5.52. The van der Waals surface area contributed by atoms with Crippen LogP contribution in [0.4, 0.5) is 5.82 Å². The summed E-state index contributed by atoms with van der Waals surface area (Å²) in [5.41, 5.74) is 8.73. The lowest BCUT2D eigenvalue weighted by Crippen LogP contribution is -1.99. The summed E-state index contributed by atoms with van der Waals surface area (Å²) in [7, 11) is 0. The molecule has 0 atom stereocenters. The van der Waals surface area contributed by atoms with E-state index in [0.29, 0.717) is 17.0 Å². The first-order valence-electron chi connectivity index (χ1n) is 7.50. The van der Waals surface area contributed by atoms with E-state index in [9.17, 15) is 5.26 Å². The minimum atomic E-state index is 0.202. The summed E-state index contributed by atoms with van der Waals surface area (Å²) in [6.07, 6.45) is 1.60. The lowest BCUT2D eigenvalue weighted by Gasteiger charge is -2.12. The van der Waals surface area contributed by atoms with Gasteiger partial charge in [-0.05, 0) is 34.5 Å². The van der Waals surface area contributed by atoms with E-state index in [1.54, 1.807) is 18.4 Å². The van der Waals surface area contributed by atoms with Crippen molar-refractivity contribution in [3.05, 3.63) is 72.5 Å². The molecule has 24 heavy (non-hydrogen) atoms. The summed E-state index contributed by atoms with van der Waals surface area (Å²) >= 11 is 0. The molecule has 0 aliphatic carbocycles. The molecule has 2 aromatic carbocycles. The fraction of sp³-hybridized carbons (Fsp3) is 0. The summed E-state index contributed by atoms with van der Waals surface area (Å²) in [4.78, 5) is 4.43. The number of fused-ring (bicyclic) bond motifs is 1. The number of aromatic nitrogens is 1. The van der Waals surface area contributed by atoms with Crippen LogP contribution in [0.15, 0.2) is 71.3 Å². The Morgan fingerprint density at radius 3 is 2.58 bits per heavy atom. The molecule has 4 nitrogen and oxygen atoms in total. The number of hydrogen-bond acceptors (Lipinski definition) is 4. The van der Waals surface area contributed by atoms with Gasteiger partial charge in [0.15, 0.2) is 5.76 Å². The largest absolute Gasteiger partial charge is 0.463 e. The first-order valence-corrected chi connectivity index (χ1v) is 7.50. The first-order chi connectivity index (χ1) is 11.8. The van der Waals surface area contributed by atoms with Gasteiger partial charge in [-0.1, -0.05) is 42.5 Å². The molecule has 114 valence electrons. The molecule has 2 N–H and O–H groups in total. The average Bonchev–Trinajstić information content (AvgIpc) is 3.15. The quantitative estimate of drug-likeness (QED) is 0.586. The SMILES string of the molecule is N#Cc1cc(-c2cccc3ccccc23)c(-c2ccco2)nc1N. The Kier molecular flexibility index (Phi) is 3.25. The Balaban J connectivity index is 2.08. The number of nitrogens with two attached hydrogens (primary N) is 1. The molecule has 0 fully saturated rings. The van der Waals surface area contributed by atoms with Crippen molar-refractivity contribution < 1.29 is 4.42 Å². The lowest BCUT2D eigenvalue weighted by molar-refractivity contribution is 0.580. The lowest BCUT2D eigenvalue weighted by atomic mass is 9.95. The van der Waals surface area contributed by atoms with Crippen LogP contribution in [0.3, 0.4) is 0 Å². The number of rotatable bonds is 2. The highest BCUT2D eigenvalue weighted by Crippen LogP contribution is 2.36. The second-order valence-corrected chi connectivity index (χ2v) is 5.43. The van der Waals surface area contributed by atoms with Gasteiger partial charge < -0.3 is 10.2 Å². The van der Waals surface area contributed by atoms with Crippen LogP contribution in [0, 0.1) is 11.3 Å². The molecule has 0 amide bonds. The van der Waals surface area contributed by atoms with Gasteiger partial charge in [0.05, 0.1) is 11.8 Å². The molecule has 0 radical (unpaired) electrons. The van der Waals surface area contributed by atoms with Crippen molar-refractivity contribution in [2.45, 2.75) is 0 Å². The maximum Gasteiger partial charge on any atom is 0.152 e. The monoisotopic (exact) mass is 311 g/mol. The van der Waals surface area contributed by atoms with Crippen molar-refractivity contribution in [3.8, 4) is 28.7 Å². The van der Waals surface area contributed by atoms with Crippen molar-refractivity contribution in [1.29, 1.82) is 5.26 Å². The van der Waals surface area contributed by atoms with Crippen LogP contribution in [0.5, 0.6) is 0 Å². The Morgan fingerprint density at radius 1 is 0.958 bits per heavy atom. The van der Waals surface area contributed by atoms with Gasteiger partial charge in [-0.25, -0.2) is 4.98 Å². The molecular weight excluding hydrogens is 298 g/mol. The van der Waals surface area contributed by atoms with E-state index in [0.717, 1.165) is 21.9 Å². The topological polar surface area (TPSA) is 75.8 Å². The summed E-state index contributed by atoms with van der Waals surface area (Å²) in [5, 5.41) is 11.5. The van der Waals surface area contributed by atoms with Crippen molar-refractivity contribution in [2.24, 2.45) is 0 Å². The molecule has 0 saturated carbocycles. The van der Waals surface area contributed by atoms with Crippen LogP contribution in [0.2, 0.25) is 0 Å². The summed E-state index contributed by atoms with van der Waals surface area (Å²) in [6.45, 7) is 0. The fourth-order valence-corrected chi connectivity index (χ4v) is 2.88. The van der Waals surface area contributed by atoms with Crippen LogP contribution in [-0.2, 0) is 0 Å². The van der Waals surface area contributed by atoms with Crippen molar-refractivity contribution >= 4 is 16.6 Å². The summed E-state index contributed by atoms with van der Waals surface area (Å²) in [5.74, 6) is 0.821. The molecule has 0 saturated heterocycles. The van der Waals surface area contributed by atoms with E-state index >= 15 is 0 Å². The fourth-order valence-electron chi connectivity index (χ4n) is 2.88. The molecule has 4 heteroatoms. The predicted octanol–water partition coefficient (Wildman–Crippen LogP) is 4.62. The van der Waals surface area contributed by atoms with E-state index in [2.05, 4.69) is 29.3 Å². The third kappa shape index (κ3) is 2.20. The third-order valence-electron chi connectivity index (χ3n) is 4.01. The number of nitriles is 1. The minimum Gasteiger partial charge on any atom is -0.463 e. The number of nitrogens with zero attached hydrogens (tertiary/aromatic N) is 2. The van der Waals surface area contributed by atoms with Crippen molar-refractivity contribution in [3.63, 3.8) is 0 Å². The number of nitrogen functional groups attached to an aromatic ring is 1. The average molecular weight is 311 g/mol. The van der Waals surface area contributed by atoms with E-state index in [1.807, 2.05) is 30.3 Å². The van der Waals surface area contributed by atoms with E-state index in [1.165, 1.54) is 0 Å². The van der Waals surface area contributed by atoms with Gasteiger partial charge in [0.1, 0.15) is 17.6 Å². The number of furan rings is 1. The number of pyridine rings is 1. The molecular formula is C20H13N3O. The molecule has 0 spiro atoms. The number of benzene rings is 2. The van der Waals surface area contributed by atoms with Crippen LogP contribution < -0.4 is 5.73 Å². The van der Waals surface area contributed by atoms with E-state index in [-0.39, 0.29) is 5.82 Å². The van der Waals surface area contributed by atoms with Gasteiger partial charge in [0.2, 0.25) is 0 Å². The number of anilines is 1. The Labute approximate surface area is 138 Å². The van der Waals surface area contributed by atoms with Crippen LogP contribution in [0.25, 0.3) is 33.4 Å². The van der Waals surface area contributed by atoms with Gasteiger partial charge in [0.25, 0.3) is 0 Å². The maximum absolute atomic E-state index is 9.33. The highest BCUT2D eigenvalue weighted by atomic mass is 16.3. The second kappa shape index (κ2) is 5.56. The zero-order valence-corrected chi connectivity index (χ0v) is 12.7. The maximum atomic E-state index is 9.33. The van der Waals surface area contributed by atoms with Crippen molar-refractivity contribution in [1.82, 2.24) is 4.98 Å². The standard InChI is InChI=1S/C20H13N3O/c21-12-14-11-17(19(23-20(14)22)18-9-4-10-24-18)16-8-3-6-13-5-1-2-7-15(13)16/h1-11H,(H2,22,23). The second-order valence-electron chi connectivity index (χ2n) is 5.43. The van der Waals surface area contributed by atoms with E-state index < -0.39 is 0 Å². The highest BCUT2D eigenvalue weighted by Gasteiger charge is 2.17. The Bertz CT molecular complexity index is 1070. The van der Waals surface area contributed by atoms with Gasteiger partial charge in [-0.2, -0.15) is 5.26 Å². The van der Waals surface area contributed by atoms with E-state index in [4.69, 9.17) is 10.2 Å². The smallest absolute Gasteiger partial charge is 0.152 e. The molecule has 4 aromatic rings. The van der Waals surface area contributed by atoms with Gasteiger partial charge in [-0.3, -0.25) is 0 Å². The van der Waals surface area contributed by atoms with Crippen LogP contribution in [-0.4, -0.2) is 4.98 Å². The van der Waals surface area contributed by atoms with Crippen LogP contribution in [0.1, 0.15) is 5.56 Å². The Hall–Kier alpha value is -3.58. The molecule has 0 aliphatic rings. The molecule has 0 aliphatic heterocycles. The zero-order valence-electron chi connectivity index (χ0n) is 12.7. The molecule has 4 rings (SSSR count). The zero-order chi connectivity index (χ0) is 16.5. The number of hydrogen-bond donors (Lipinski definition) is 1. The molecule has 2 heterocycles. The Morgan fingerprint density at radius 2 is 1.79 bits per heavy atom. The highest BCUT2D eigenvalue weighted by molar-refractivity contribution is 5.99. The predicted molar refractivity (Wildman–Crippen MR) is 94.0 cm³/mol. The minimum absolute atomic E-state index is 0.202. The molecule has 0 unspecified atom stereocenters. The first kappa shape index (κ1) is 14.0. The summed E-state index contributed by atoms with van der Waals surface area (Å²) in [6, 6.07) is 21.7. The molecule has 0 bridgehead atoms. The van der Waals surface area contributed by atoms with Crippen LogP contribution >= 0.6 is 0 Å². The van der Waals surface area contributed by atoms with Gasteiger partial charge in [0, 0.05) is 5.56 Å². The van der Waals surface area contributed by atoms with Gasteiger partial charge in [-0.15, -0.1) is 0 Å². The van der Waals surface area contributed by atoms with Crippen molar-refractivity contribution in [2.75, 3.05) is 5.73 Å². The third-order valence-corrected chi connectivity index (χ3v) is 4.01. The van der Waals surface area contributed by atoms with Gasteiger partial charge >= 0.3 is 0 Å². The normalized spacial score (nSPS) is 10.6.